The predicted molar refractivity (Wildman–Crippen MR) is 97.9 cm³/mol. The first kappa shape index (κ1) is 13.9. The molecule has 1 N–H and O–H groups in total. The first-order valence-electron chi connectivity index (χ1n) is 7.99. The molecule has 0 atom stereocenters. The lowest BCUT2D eigenvalue weighted by atomic mass is 10.1. The molecule has 0 fully saturated rings. The fraction of sp³-hybridized carbons (Fsp3) is 0. The molecule has 5 rings (SSSR count). The van der Waals surface area contributed by atoms with Crippen LogP contribution >= 0.6 is 0 Å². The van der Waals surface area contributed by atoms with Crippen molar-refractivity contribution in [2.24, 2.45) is 0 Å². The third kappa shape index (κ3) is 2.27. The Bertz CT molecular complexity index is 1210. The van der Waals surface area contributed by atoms with Crippen molar-refractivity contribution in [3.8, 4) is 0 Å². The van der Waals surface area contributed by atoms with Crippen molar-refractivity contribution in [2.45, 2.75) is 0 Å². The Balaban J connectivity index is 1.52. The summed E-state index contributed by atoms with van der Waals surface area (Å²) in [6, 6.07) is 22.8. The van der Waals surface area contributed by atoms with Gasteiger partial charge in [-0.25, -0.2) is 0 Å². The second-order valence-electron chi connectivity index (χ2n) is 5.91. The van der Waals surface area contributed by atoms with Gasteiger partial charge in [0.1, 0.15) is 16.7 Å². The summed E-state index contributed by atoms with van der Waals surface area (Å²) in [5.41, 5.74) is 3.02. The van der Waals surface area contributed by atoms with Gasteiger partial charge in [0.25, 0.3) is 5.91 Å². The number of carbonyl (C=O) groups excluding carboxylic acids is 1. The Hall–Kier alpha value is -3.53. The number of fused-ring (bicyclic) bond motifs is 4. The quantitative estimate of drug-likeness (QED) is 0.460. The minimum Gasteiger partial charge on any atom is -0.456 e. The summed E-state index contributed by atoms with van der Waals surface area (Å²) in [7, 11) is 0. The van der Waals surface area contributed by atoms with E-state index in [4.69, 9.17) is 8.83 Å². The van der Waals surface area contributed by atoms with Crippen molar-refractivity contribution in [3.63, 3.8) is 0 Å². The minimum absolute atomic E-state index is 0.275. The molecule has 25 heavy (non-hydrogen) atoms. The molecule has 2 heterocycles. The average Bonchev–Trinajstić information content (AvgIpc) is 3.23. The van der Waals surface area contributed by atoms with Crippen LogP contribution in [-0.4, -0.2) is 5.91 Å². The van der Waals surface area contributed by atoms with Gasteiger partial charge >= 0.3 is 0 Å². The van der Waals surface area contributed by atoms with E-state index in [9.17, 15) is 4.79 Å². The number of amides is 1. The Morgan fingerprint density at radius 3 is 2.36 bits per heavy atom. The van der Waals surface area contributed by atoms with Crippen LogP contribution in [0.15, 0.2) is 81.6 Å². The maximum atomic E-state index is 12.5. The van der Waals surface area contributed by atoms with Crippen molar-refractivity contribution in [1.29, 1.82) is 0 Å². The normalized spacial score (nSPS) is 11.4. The fourth-order valence-corrected chi connectivity index (χ4v) is 3.09. The molecule has 3 aromatic carbocycles. The highest BCUT2D eigenvalue weighted by molar-refractivity contribution is 6.09. The number of furan rings is 2. The van der Waals surface area contributed by atoms with Crippen molar-refractivity contribution < 1.29 is 13.6 Å². The summed E-state index contributed by atoms with van der Waals surface area (Å²) in [5, 5.41) is 5.79. The van der Waals surface area contributed by atoms with Crippen LogP contribution in [0.1, 0.15) is 10.6 Å². The number of hydrogen-bond acceptors (Lipinski definition) is 3. The lowest BCUT2D eigenvalue weighted by molar-refractivity contribution is 0.0998. The molecule has 0 saturated carbocycles. The zero-order valence-electron chi connectivity index (χ0n) is 13.2. The van der Waals surface area contributed by atoms with Crippen molar-refractivity contribution in [1.82, 2.24) is 0 Å². The SMILES string of the molecule is O=C(Nc1ccc2oc3ccccc3c2c1)c1cc2ccccc2o1. The Labute approximate surface area is 142 Å². The summed E-state index contributed by atoms with van der Waals surface area (Å²) in [5.74, 6) is 0.0155. The van der Waals surface area contributed by atoms with E-state index in [-0.39, 0.29) is 5.91 Å². The van der Waals surface area contributed by atoms with Gasteiger partial charge in [-0.1, -0.05) is 36.4 Å². The molecular formula is C21H13NO3. The molecule has 0 saturated heterocycles. The lowest BCUT2D eigenvalue weighted by Gasteiger charge is -2.03. The van der Waals surface area contributed by atoms with Gasteiger partial charge in [0.15, 0.2) is 5.76 Å². The molecule has 5 aromatic rings. The lowest BCUT2D eigenvalue weighted by Crippen LogP contribution is -2.10. The highest BCUT2D eigenvalue weighted by Crippen LogP contribution is 2.30. The molecule has 0 aliphatic rings. The third-order valence-corrected chi connectivity index (χ3v) is 4.28. The van der Waals surface area contributed by atoms with E-state index in [0.29, 0.717) is 17.0 Å². The smallest absolute Gasteiger partial charge is 0.291 e. The van der Waals surface area contributed by atoms with Crippen LogP contribution in [0, 0.1) is 0 Å². The third-order valence-electron chi connectivity index (χ3n) is 4.28. The summed E-state index contributed by atoms with van der Waals surface area (Å²) in [6.07, 6.45) is 0. The van der Waals surface area contributed by atoms with Gasteiger partial charge in [-0.2, -0.15) is 0 Å². The van der Waals surface area contributed by atoms with Crippen LogP contribution in [0.3, 0.4) is 0 Å². The summed E-state index contributed by atoms with van der Waals surface area (Å²) < 4.78 is 11.4. The first-order chi connectivity index (χ1) is 12.3. The number of benzene rings is 3. The standard InChI is InChI=1S/C21H13NO3/c23-21(20-11-13-5-1-3-7-17(13)24-20)22-14-9-10-19-16(12-14)15-6-2-4-8-18(15)25-19/h1-12H,(H,22,23). The van der Waals surface area contributed by atoms with Gasteiger partial charge in [-0.3, -0.25) is 4.79 Å². The van der Waals surface area contributed by atoms with Crippen molar-refractivity contribution >= 4 is 44.5 Å². The molecule has 0 radical (unpaired) electrons. The summed E-state index contributed by atoms with van der Waals surface area (Å²) >= 11 is 0. The average molecular weight is 327 g/mol. The first-order valence-corrected chi connectivity index (χ1v) is 7.99. The second kappa shape index (κ2) is 5.24. The molecule has 0 aliphatic carbocycles. The molecule has 120 valence electrons. The molecule has 0 bridgehead atoms. The zero-order chi connectivity index (χ0) is 16.8. The van der Waals surface area contributed by atoms with E-state index in [1.165, 1.54) is 0 Å². The van der Waals surface area contributed by atoms with Crippen LogP contribution in [0.2, 0.25) is 0 Å². The Morgan fingerprint density at radius 1 is 0.720 bits per heavy atom. The van der Waals surface area contributed by atoms with Crippen LogP contribution in [0.4, 0.5) is 5.69 Å². The summed E-state index contributed by atoms with van der Waals surface area (Å²) in [6.45, 7) is 0. The van der Waals surface area contributed by atoms with Gasteiger partial charge in [0.2, 0.25) is 0 Å². The highest BCUT2D eigenvalue weighted by atomic mass is 16.3. The molecule has 4 nitrogen and oxygen atoms in total. The highest BCUT2D eigenvalue weighted by Gasteiger charge is 2.13. The van der Waals surface area contributed by atoms with E-state index in [1.807, 2.05) is 66.7 Å². The number of carbonyl (C=O) groups is 1. The fourth-order valence-electron chi connectivity index (χ4n) is 3.09. The summed E-state index contributed by atoms with van der Waals surface area (Å²) in [4.78, 5) is 12.5. The Kier molecular flexibility index (Phi) is 2.91. The van der Waals surface area contributed by atoms with E-state index in [0.717, 1.165) is 27.3 Å². The van der Waals surface area contributed by atoms with Gasteiger partial charge in [-0.15, -0.1) is 0 Å². The molecule has 1 amide bonds. The molecular weight excluding hydrogens is 314 g/mol. The molecule has 0 spiro atoms. The second-order valence-corrected chi connectivity index (χ2v) is 5.91. The van der Waals surface area contributed by atoms with Crippen LogP contribution in [0.25, 0.3) is 32.9 Å². The van der Waals surface area contributed by atoms with Crippen LogP contribution in [0.5, 0.6) is 0 Å². The largest absolute Gasteiger partial charge is 0.456 e. The number of anilines is 1. The molecule has 2 aromatic heterocycles. The van der Waals surface area contributed by atoms with Gasteiger partial charge in [0.05, 0.1) is 0 Å². The number of para-hydroxylation sites is 2. The molecule has 4 heteroatoms. The zero-order valence-corrected chi connectivity index (χ0v) is 13.2. The number of hydrogen-bond donors (Lipinski definition) is 1. The van der Waals surface area contributed by atoms with Gasteiger partial charge in [-0.05, 0) is 36.4 Å². The Morgan fingerprint density at radius 2 is 1.48 bits per heavy atom. The monoisotopic (exact) mass is 327 g/mol. The minimum atomic E-state index is -0.275. The molecule has 0 unspecified atom stereocenters. The van der Waals surface area contributed by atoms with E-state index in [1.54, 1.807) is 6.07 Å². The van der Waals surface area contributed by atoms with Gasteiger partial charge < -0.3 is 14.2 Å². The molecule has 0 aliphatic heterocycles. The number of rotatable bonds is 2. The van der Waals surface area contributed by atoms with E-state index in [2.05, 4.69) is 5.32 Å². The van der Waals surface area contributed by atoms with Gasteiger partial charge in [0, 0.05) is 21.8 Å². The predicted octanol–water partition coefficient (Wildman–Crippen LogP) is 5.58. The van der Waals surface area contributed by atoms with Crippen LogP contribution < -0.4 is 5.32 Å². The van der Waals surface area contributed by atoms with Crippen molar-refractivity contribution in [3.05, 3.63) is 78.6 Å². The topological polar surface area (TPSA) is 55.4 Å². The maximum absolute atomic E-state index is 12.5. The van der Waals surface area contributed by atoms with E-state index >= 15 is 0 Å². The maximum Gasteiger partial charge on any atom is 0.291 e. The van der Waals surface area contributed by atoms with Crippen molar-refractivity contribution in [2.75, 3.05) is 5.32 Å². The van der Waals surface area contributed by atoms with E-state index < -0.39 is 0 Å². The van der Waals surface area contributed by atoms with Crippen LogP contribution in [-0.2, 0) is 0 Å². The number of nitrogens with one attached hydrogen (secondary N) is 1.